The van der Waals surface area contributed by atoms with E-state index in [2.05, 4.69) is 193 Å². The van der Waals surface area contributed by atoms with E-state index < -0.39 is 5.41 Å². The summed E-state index contributed by atoms with van der Waals surface area (Å²) in [6.07, 6.45) is 1.92. The zero-order valence-electron chi connectivity index (χ0n) is 32.5. The van der Waals surface area contributed by atoms with Crippen molar-refractivity contribution < 1.29 is 0 Å². The molecule has 0 radical (unpaired) electrons. The molecule has 0 N–H and O–H groups in total. The van der Waals surface area contributed by atoms with Crippen LogP contribution in [0, 0.1) is 0 Å². The molecule has 0 spiro atoms. The fourth-order valence-corrected chi connectivity index (χ4v) is 8.68. The summed E-state index contributed by atoms with van der Waals surface area (Å²) in [6, 6.07) is 53.1. The van der Waals surface area contributed by atoms with Gasteiger partial charge in [0.2, 0.25) is 0 Å². The maximum atomic E-state index is 5.55. The van der Waals surface area contributed by atoms with Gasteiger partial charge in [0.25, 0.3) is 0 Å². The Labute approximate surface area is 321 Å². The summed E-state index contributed by atoms with van der Waals surface area (Å²) in [5, 5.41) is 0. The van der Waals surface area contributed by atoms with E-state index in [1.165, 1.54) is 44.5 Å². The van der Waals surface area contributed by atoms with Crippen LogP contribution in [0.4, 0.5) is 11.4 Å². The molecule has 8 rings (SSSR count). The molecule has 0 aliphatic carbocycles. The fraction of sp³-hybridized carbons (Fsp3) is 0.216. The van der Waals surface area contributed by atoms with Gasteiger partial charge in [0.15, 0.2) is 0 Å². The van der Waals surface area contributed by atoms with Crippen LogP contribution in [0.1, 0.15) is 98.5 Å². The van der Waals surface area contributed by atoms with E-state index in [0.29, 0.717) is 17.8 Å². The van der Waals surface area contributed by atoms with Crippen LogP contribution >= 0.6 is 0 Å². The SMILES string of the molecule is CC(C)c1ccccc1-c1ccc2c(c1)N(C)c1cc(-c3c(C(C)C)cccc3C(C)C)ccc1[C@]2(c1ccccn1)c1cccc(-c2ccccc2)n1. The van der Waals surface area contributed by atoms with Gasteiger partial charge in [-0.1, -0.05) is 151 Å². The molecule has 0 saturated heterocycles. The van der Waals surface area contributed by atoms with Crippen LogP contribution in [0.5, 0.6) is 0 Å². The third kappa shape index (κ3) is 5.83. The topological polar surface area (TPSA) is 29.0 Å². The van der Waals surface area contributed by atoms with Crippen molar-refractivity contribution in [2.24, 2.45) is 0 Å². The summed E-state index contributed by atoms with van der Waals surface area (Å²) >= 11 is 0. The van der Waals surface area contributed by atoms with Crippen LogP contribution in [-0.4, -0.2) is 17.0 Å². The lowest BCUT2D eigenvalue weighted by atomic mass is 9.65. The van der Waals surface area contributed by atoms with Crippen LogP contribution in [-0.2, 0) is 5.41 Å². The highest BCUT2D eigenvalue weighted by Crippen LogP contribution is 2.56. The van der Waals surface area contributed by atoms with Crippen molar-refractivity contribution in [1.29, 1.82) is 0 Å². The molecule has 3 heterocycles. The molecule has 1 aliphatic rings. The van der Waals surface area contributed by atoms with E-state index in [9.17, 15) is 0 Å². The summed E-state index contributed by atoms with van der Waals surface area (Å²) < 4.78 is 0. The van der Waals surface area contributed by atoms with Crippen molar-refractivity contribution in [2.45, 2.75) is 64.7 Å². The van der Waals surface area contributed by atoms with Crippen LogP contribution in [0.3, 0.4) is 0 Å². The van der Waals surface area contributed by atoms with Crippen molar-refractivity contribution >= 4 is 11.4 Å². The Kier molecular flexibility index (Phi) is 9.27. The number of benzene rings is 5. The minimum absolute atomic E-state index is 0.384. The molecule has 3 nitrogen and oxygen atoms in total. The molecule has 1 aliphatic heterocycles. The summed E-state index contributed by atoms with van der Waals surface area (Å²) in [4.78, 5) is 13.2. The van der Waals surface area contributed by atoms with Gasteiger partial charge in [-0.25, -0.2) is 0 Å². The van der Waals surface area contributed by atoms with Crippen LogP contribution < -0.4 is 4.90 Å². The van der Waals surface area contributed by atoms with Gasteiger partial charge in [-0.2, -0.15) is 0 Å². The number of pyridine rings is 2. The Morgan fingerprint density at radius 1 is 0.481 bits per heavy atom. The lowest BCUT2D eigenvalue weighted by Gasteiger charge is -2.44. The third-order valence-electron chi connectivity index (χ3n) is 11.3. The van der Waals surface area contributed by atoms with E-state index in [1.807, 2.05) is 12.3 Å². The second-order valence-electron chi connectivity index (χ2n) is 15.6. The van der Waals surface area contributed by atoms with Gasteiger partial charge >= 0.3 is 0 Å². The smallest absolute Gasteiger partial charge is 0.108 e. The van der Waals surface area contributed by atoms with Crippen molar-refractivity contribution in [2.75, 3.05) is 11.9 Å². The molecule has 0 unspecified atom stereocenters. The highest BCUT2D eigenvalue weighted by molar-refractivity contribution is 5.88. The first-order valence-corrected chi connectivity index (χ1v) is 19.4. The predicted octanol–water partition coefficient (Wildman–Crippen LogP) is 13.3. The standard InChI is InChI=1S/C51H49N3/c1-33(2)39-19-11-12-20-42(39)37-26-28-43-46(31-37)54(7)47-32-38(50-40(34(3)4)21-15-22-41(50)35(5)6)27-29-44(47)51(43,48-24-13-14-30-52-48)49-25-16-23-45(53-49)36-17-9-8-10-18-36/h8-35H,1-7H3/t51-/m1/s1. The van der Waals surface area contributed by atoms with Gasteiger partial charge in [0.1, 0.15) is 5.41 Å². The molecule has 268 valence electrons. The lowest BCUT2D eigenvalue weighted by molar-refractivity contribution is 0.676. The quantitative estimate of drug-likeness (QED) is 0.158. The molecule has 3 heteroatoms. The lowest BCUT2D eigenvalue weighted by Crippen LogP contribution is -2.39. The third-order valence-corrected chi connectivity index (χ3v) is 11.3. The Morgan fingerprint density at radius 2 is 1.04 bits per heavy atom. The maximum Gasteiger partial charge on any atom is 0.108 e. The van der Waals surface area contributed by atoms with E-state index in [-0.39, 0.29) is 0 Å². The van der Waals surface area contributed by atoms with E-state index >= 15 is 0 Å². The minimum atomic E-state index is -0.795. The number of hydrogen-bond acceptors (Lipinski definition) is 3. The van der Waals surface area contributed by atoms with Gasteiger partial charge in [-0.3, -0.25) is 9.97 Å². The molecule has 0 amide bonds. The molecule has 54 heavy (non-hydrogen) atoms. The fourth-order valence-electron chi connectivity index (χ4n) is 8.68. The average molecular weight is 704 g/mol. The first-order chi connectivity index (χ1) is 26.2. The zero-order chi connectivity index (χ0) is 37.6. The molecular weight excluding hydrogens is 655 g/mol. The van der Waals surface area contributed by atoms with E-state index in [4.69, 9.17) is 9.97 Å². The maximum absolute atomic E-state index is 5.55. The molecule has 5 aromatic carbocycles. The van der Waals surface area contributed by atoms with E-state index in [0.717, 1.165) is 39.6 Å². The normalized spacial score (nSPS) is 15.1. The number of hydrogen-bond donors (Lipinski definition) is 0. The first kappa shape index (κ1) is 35.2. The molecule has 0 bridgehead atoms. The number of aromatic nitrogens is 2. The van der Waals surface area contributed by atoms with Crippen LogP contribution in [0.25, 0.3) is 33.5 Å². The Bertz CT molecular complexity index is 2420. The van der Waals surface area contributed by atoms with E-state index in [1.54, 1.807) is 0 Å². The Balaban J connectivity index is 1.47. The summed E-state index contributed by atoms with van der Waals surface area (Å²) in [5.41, 5.74) is 16.9. The molecule has 7 aromatic rings. The van der Waals surface area contributed by atoms with Gasteiger partial charge in [-0.05, 0) is 104 Å². The number of rotatable bonds is 8. The molecule has 1 atom stereocenters. The number of nitrogens with zero attached hydrogens (tertiary/aromatic N) is 3. The monoisotopic (exact) mass is 703 g/mol. The molecule has 0 saturated carbocycles. The summed E-state index contributed by atoms with van der Waals surface area (Å²) in [7, 11) is 2.23. The summed E-state index contributed by atoms with van der Waals surface area (Å²) in [5.74, 6) is 1.16. The number of fused-ring (bicyclic) bond motifs is 2. The molecule has 2 aromatic heterocycles. The molecular formula is C51H49N3. The minimum Gasteiger partial charge on any atom is -0.344 e. The average Bonchev–Trinajstić information content (AvgIpc) is 3.21. The predicted molar refractivity (Wildman–Crippen MR) is 227 cm³/mol. The van der Waals surface area contributed by atoms with Gasteiger partial charge < -0.3 is 4.90 Å². The van der Waals surface area contributed by atoms with Gasteiger partial charge in [-0.15, -0.1) is 0 Å². The van der Waals surface area contributed by atoms with Gasteiger partial charge in [0.05, 0.1) is 17.1 Å². The van der Waals surface area contributed by atoms with Crippen LogP contribution in [0.15, 0.2) is 152 Å². The largest absolute Gasteiger partial charge is 0.344 e. The number of anilines is 2. The second-order valence-corrected chi connectivity index (χ2v) is 15.6. The summed E-state index contributed by atoms with van der Waals surface area (Å²) in [6.45, 7) is 13.8. The highest BCUT2D eigenvalue weighted by atomic mass is 15.1. The zero-order valence-corrected chi connectivity index (χ0v) is 32.5. The van der Waals surface area contributed by atoms with Crippen molar-refractivity contribution in [3.63, 3.8) is 0 Å². The van der Waals surface area contributed by atoms with Crippen molar-refractivity contribution in [3.8, 4) is 33.5 Å². The van der Waals surface area contributed by atoms with Crippen molar-refractivity contribution in [3.05, 3.63) is 191 Å². The van der Waals surface area contributed by atoms with Crippen molar-refractivity contribution in [1.82, 2.24) is 9.97 Å². The van der Waals surface area contributed by atoms with Crippen LogP contribution in [0.2, 0.25) is 0 Å². The second kappa shape index (κ2) is 14.2. The molecule has 0 fully saturated rings. The highest BCUT2D eigenvalue weighted by Gasteiger charge is 2.48. The Morgan fingerprint density at radius 3 is 1.69 bits per heavy atom. The first-order valence-electron chi connectivity index (χ1n) is 19.4. The van der Waals surface area contributed by atoms with Gasteiger partial charge in [0, 0.05) is 30.2 Å². The Hall–Kier alpha value is -5.80.